The third-order valence-corrected chi connectivity index (χ3v) is 3.40. The van der Waals surface area contributed by atoms with Gasteiger partial charge in [-0.2, -0.15) is 0 Å². The highest BCUT2D eigenvalue weighted by atomic mass is 16.5. The standard InChI is InChI=1S/C13H15BO5/c1-2-17-13(15)10-11-9(4-6-18-11)7-8-3-5-14(16)19-12(8)10/h7,16H,2-6H2,1H3. The Morgan fingerprint density at radius 1 is 1.42 bits per heavy atom. The van der Waals surface area contributed by atoms with Gasteiger partial charge in [0.1, 0.15) is 17.1 Å². The van der Waals surface area contributed by atoms with Gasteiger partial charge in [0.05, 0.1) is 13.2 Å². The van der Waals surface area contributed by atoms with E-state index in [1.165, 1.54) is 0 Å². The van der Waals surface area contributed by atoms with Crippen LogP contribution < -0.4 is 9.39 Å². The first-order valence-electron chi connectivity index (χ1n) is 6.54. The van der Waals surface area contributed by atoms with Crippen molar-refractivity contribution in [3.05, 3.63) is 22.8 Å². The minimum Gasteiger partial charge on any atom is -0.535 e. The van der Waals surface area contributed by atoms with Crippen molar-refractivity contribution in [3.63, 3.8) is 0 Å². The number of benzene rings is 1. The molecule has 0 radical (unpaired) electrons. The molecule has 100 valence electrons. The third kappa shape index (κ3) is 2.06. The van der Waals surface area contributed by atoms with Crippen molar-refractivity contribution in [1.82, 2.24) is 0 Å². The fourth-order valence-corrected chi connectivity index (χ4v) is 2.56. The first-order chi connectivity index (χ1) is 9.20. The number of carbonyl (C=O) groups excluding carboxylic acids is 1. The van der Waals surface area contributed by atoms with Gasteiger partial charge >= 0.3 is 13.1 Å². The second kappa shape index (κ2) is 4.77. The van der Waals surface area contributed by atoms with Crippen molar-refractivity contribution in [2.75, 3.05) is 13.2 Å². The summed E-state index contributed by atoms with van der Waals surface area (Å²) in [5, 5.41) is 9.63. The van der Waals surface area contributed by atoms with Crippen molar-refractivity contribution in [3.8, 4) is 11.5 Å². The van der Waals surface area contributed by atoms with Crippen LogP contribution in [0.15, 0.2) is 6.07 Å². The Labute approximate surface area is 111 Å². The summed E-state index contributed by atoms with van der Waals surface area (Å²) in [5.41, 5.74) is 2.28. The van der Waals surface area contributed by atoms with Gasteiger partial charge in [0.15, 0.2) is 0 Å². The van der Waals surface area contributed by atoms with E-state index in [9.17, 15) is 9.82 Å². The molecule has 0 aliphatic carbocycles. The maximum absolute atomic E-state index is 12.1. The maximum atomic E-state index is 12.1. The minimum absolute atomic E-state index is 0.291. The number of hydrogen-bond acceptors (Lipinski definition) is 5. The number of fused-ring (bicyclic) bond motifs is 2. The highest BCUT2D eigenvalue weighted by Gasteiger charge is 2.34. The average molecular weight is 262 g/mol. The van der Waals surface area contributed by atoms with Gasteiger partial charge in [0.2, 0.25) is 0 Å². The lowest BCUT2D eigenvalue weighted by molar-refractivity contribution is 0.0520. The fourth-order valence-electron chi connectivity index (χ4n) is 2.56. The highest BCUT2D eigenvalue weighted by Crippen LogP contribution is 2.41. The second-order valence-electron chi connectivity index (χ2n) is 4.66. The molecule has 6 heteroatoms. The molecule has 3 rings (SSSR count). The summed E-state index contributed by atoms with van der Waals surface area (Å²) < 4.78 is 16.0. The van der Waals surface area contributed by atoms with Gasteiger partial charge in [0.25, 0.3) is 0 Å². The van der Waals surface area contributed by atoms with Crippen LogP contribution in [0.25, 0.3) is 0 Å². The predicted molar refractivity (Wildman–Crippen MR) is 68.7 cm³/mol. The molecule has 0 aromatic heterocycles. The predicted octanol–water partition coefficient (Wildman–Crippen LogP) is 1.21. The summed E-state index contributed by atoms with van der Waals surface area (Å²) in [6.07, 6.45) is 2.02. The van der Waals surface area contributed by atoms with Crippen LogP contribution in [0.1, 0.15) is 28.4 Å². The molecule has 2 heterocycles. The smallest absolute Gasteiger partial charge is 0.522 e. The molecule has 5 nitrogen and oxygen atoms in total. The topological polar surface area (TPSA) is 65.0 Å². The Bertz CT molecular complexity index is 528. The Kier molecular flexibility index (Phi) is 3.10. The molecule has 0 saturated carbocycles. The lowest BCUT2D eigenvalue weighted by atomic mass is 9.78. The van der Waals surface area contributed by atoms with Crippen LogP contribution in [0.3, 0.4) is 0 Å². The van der Waals surface area contributed by atoms with Crippen LogP contribution in [0.2, 0.25) is 6.32 Å². The second-order valence-corrected chi connectivity index (χ2v) is 4.66. The van der Waals surface area contributed by atoms with E-state index in [4.69, 9.17) is 14.1 Å². The number of aryl methyl sites for hydroxylation is 1. The molecule has 0 fully saturated rings. The summed E-state index contributed by atoms with van der Waals surface area (Å²) in [6.45, 7) is 2.61. The zero-order chi connectivity index (χ0) is 13.4. The number of hydrogen-bond donors (Lipinski definition) is 1. The molecular formula is C13H15BO5. The number of esters is 1. The van der Waals surface area contributed by atoms with Gasteiger partial charge in [-0.15, -0.1) is 0 Å². The quantitative estimate of drug-likeness (QED) is 0.641. The van der Waals surface area contributed by atoms with Gasteiger partial charge in [-0.05, 0) is 36.9 Å². The summed E-state index contributed by atoms with van der Waals surface area (Å²) in [4.78, 5) is 12.1. The van der Waals surface area contributed by atoms with Gasteiger partial charge in [-0.25, -0.2) is 4.79 Å². The molecule has 1 N–H and O–H groups in total. The molecule has 2 aliphatic heterocycles. The van der Waals surface area contributed by atoms with E-state index < -0.39 is 13.1 Å². The van der Waals surface area contributed by atoms with E-state index in [-0.39, 0.29) is 0 Å². The molecular weight excluding hydrogens is 247 g/mol. The Hall–Kier alpha value is -1.69. The van der Waals surface area contributed by atoms with E-state index in [1.54, 1.807) is 6.92 Å². The lowest BCUT2D eigenvalue weighted by Crippen LogP contribution is -2.28. The number of carbonyl (C=O) groups is 1. The van der Waals surface area contributed by atoms with Crippen molar-refractivity contribution in [2.45, 2.75) is 26.1 Å². The van der Waals surface area contributed by atoms with Crippen LogP contribution in [0, 0.1) is 0 Å². The maximum Gasteiger partial charge on any atom is 0.522 e. The molecule has 19 heavy (non-hydrogen) atoms. The molecule has 1 aromatic carbocycles. The van der Waals surface area contributed by atoms with E-state index in [0.717, 1.165) is 17.5 Å². The van der Waals surface area contributed by atoms with Gasteiger partial charge < -0.3 is 19.2 Å². The Morgan fingerprint density at radius 3 is 3.00 bits per heavy atom. The fraction of sp³-hybridized carbons (Fsp3) is 0.462. The SMILES string of the molecule is CCOC(=O)c1c2c(cc3c1OB(O)CC3)CCO2. The summed E-state index contributed by atoms with van der Waals surface area (Å²) in [6, 6.07) is 2.01. The summed E-state index contributed by atoms with van der Waals surface area (Å²) in [7, 11) is -0.875. The largest absolute Gasteiger partial charge is 0.535 e. The van der Waals surface area contributed by atoms with E-state index >= 15 is 0 Å². The van der Waals surface area contributed by atoms with Crippen LogP contribution in [-0.2, 0) is 17.6 Å². The normalized spacial score (nSPS) is 16.2. The van der Waals surface area contributed by atoms with E-state index in [2.05, 4.69) is 0 Å². The first kappa shape index (κ1) is 12.4. The number of ether oxygens (including phenoxy) is 2. The van der Waals surface area contributed by atoms with E-state index in [0.29, 0.717) is 43.0 Å². The monoisotopic (exact) mass is 262 g/mol. The van der Waals surface area contributed by atoms with Crippen molar-refractivity contribution in [2.24, 2.45) is 0 Å². The average Bonchev–Trinajstić information content (AvgIpc) is 2.83. The molecule has 0 unspecified atom stereocenters. The first-order valence-corrected chi connectivity index (χ1v) is 6.54. The number of rotatable bonds is 2. The van der Waals surface area contributed by atoms with Gasteiger partial charge in [-0.1, -0.05) is 0 Å². The van der Waals surface area contributed by atoms with Crippen LogP contribution in [0.5, 0.6) is 11.5 Å². The van der Waals surface area contributed by atoms with Crippen molar-refractivity contribution in [1.29, 1.82) is 0 Å². The van der Waals surface area contributed by atoms with E-state index in [1.807, 2.05) is 6.07 Å². The molecule has 0 saturated heterocycles. The molecule has 2 aliphatic rings. The Balaban J connectivity index is 2.13. The van der Waals surface area contributed by atoms with Crippen molar-refractivity contribution < 1.29 is 23.9 Å². The third-order valence-electron chi connectivity index (χ3n) is 3.40. The van der Waals surface area contributed by atoms with Gasteiger partial charge in [-0.3, -0.25) is 0 Å². The summed E-state index contributed by atoms with van der Waals surface area (Å²) >= 11 is 0. The zero-order valence-electron chi connectivity index (χ0n) is 10.8. The summed E-state index contributed by atoms with van der Waals surface area (Å²) in [5.74, 6) is 0.510. The van der Waals surface area contributed by atoms with Crippen LogP contribution in [-0.4, -0.2) is 31.3 Å². The molecule has 0 spiro atoms. The highest BCUT2D eigenvalue weighted by molar-refractivity contribution is 6.44. The van der Waals surface area contributed by atoms with Crippen LogP contribution in [0.4, 0.5) is 0 Å². The lowest BCUT2D eigenvalue weighted by Gasteiger charge is -2.23. The van der Waals surface area contributed by atoms with Gasteiger partial charge in [0, 0.05) is 6.42 Å². The van der Waals surface area contributed by atoms with Crippen molar-refractivity contribution >= 4 is 13.1 Å². The molecule has 0 amide bonds. The minimum atomic E-state index is -0.875. The molecule has 1 aromatic rings. The molecule has 0 bridgehead atoms. The molecule has 0 atom stereocenters. The zero-order valence-corrected chi connectivity index (χ0v) is 10.8. The van der Waals surface area contributed by atoms with Crippen LogP contribution >= 0.6 is 0 Å². The Morgan fingerprint density at radius 2 is 2.21 bits per heavy atom.